The van der Waals surface area contributed by atoms with Gasteiger partial charge in [-0.05, 0) is 24.6 Å². The van der Waals surface area contributed by atoms with Gasteiger partial charge >= 0.3 is 0 Å². The van der Waals surface area contributed by atoms with E-state index in [0.717, 1.165) is 11.9 Å². The van der Waals surface area contributed by atoms with Crippen molar-refractivity contribution in [3.05, 3.63) is 36.0 Å². The van der Waals surface area contributed by atoms with Crippen LogP contribution < -0.4 is 5.73 Å². The Morgan fingerprint density at radius 2 is 2.15 bits per heavy atom. The molecule has 0 unspecified atom stereocenters. The van der Waals surface area contributed by atoms with Crippen molar-refractivity contribution in [1.82, 2.24) is 4.57 Å². The first-order valence-electron chi connectivity index (χ1n) is 6.97. The molecule has 2 aromatic rings. The highest BCUT2D eigenvalue weighted by Crippen LogP contribution is 2.33. The van der Waals surface area contributed by atoms with Crippen LogP contribution >= 0.6 is 0 Å². The fourth-order valence-electron chi connectivity index (χ4n) is 2.92. The van der Waals surface area contributed by atoms with Crippen LogP contribution in [0.25, 0.3) is 10.9 Å². The van der Waals surface area contributed by atoms with E-state index in [1.165, 1.54) is 10.9 Å². The smallest absolute Gasteiger partial charge is 0.137 e. The van der Waals surface area contributed by atoms with Crippen molar-refractivity contribution in [3.8, 4) is 0 Å². The lowest BCUT2D eigenvalue weighted by Crippen LogP contribution is -2.24. The Morgan fingerprint density at radius 3 is 2.85 bits per heavy atom. The van der Waals surface area contributed by atoms with Crippen molar-refractivity contribution in [2.75, 3.05) is 13.2 Å². The molecule has 0 spiro atoms. The SMILES string of the molecule is NCCc1cn([C@H]2C[C@H](O)[C@@H](CO)O2)c2ccccc12. The lowest BCUT2D eigenvalue weighted by molar-refractivity contribution is -0.0429. The normalized spacial score (nSPS) is 26.4. The molecule has 0 saturated carbocycles. The number of nitrogens with two attached hydrogens (primary N) is 1. The summed E-state index contributed by atoms with van der Waals surface area (Å²) in [7, 11) is 0. The minimum Gasteiger partial charge on any atom is -0.394 e. The standard InChI is InChI=1S/C15H20N2O3/c16-6-5-10-8-17(12-4-2-1-3-11(10)12)15-7-13(19)14(9-18)20-15/h1-4,8,13-15,18-19H,5-7,9,16H2/t13-,14+,15+/m0/s1. The van der Waals surface area contributed by atoms with E-state index in [4.69, 9.17) is 10.5 Å². The van der Waals surface area contributed by atoms with Gasteiger partial charge in [-0.2, -0.15) is 0 Å². The summed E-state index contributed by atoms with van der Waals surface area (Å²) in [6, 6.07) is 8.11. The molecule has 0 radical (unpaired) electrons. The molecule has 0 bridgehead atoms. The van der Waals surface area contributed by atoms with Crippen molar-refractivity contribution in [2.24, 2.45) is 5.73 Å². The second-order valence-electron chi connectivity index (χ2n) is 5.23. The Morgan fingerprint density at radius 1 is 1.35 bits per heavy atom. The summed E-state index contributed by atoms with van der Waals surface area (Å²) in [6.07, 6.45) is 1.99. The van der Waals surface area contributed by atoms with Gasteiger partial charge in [0.05, 0.1) is 18.2 Å². The van der Waals surface area contributed by atoms with Gasteiger partial charge in [0.1, 0.15) is 12.3 Å². The van der Waals surface area contributed by atoms with Crippen LogP contribution in [0, 0.1) is 0 Å². The number of rotatable bonds is 4. The highest BCUT2D eigenvalue weighted by atomic mass is 16.5. The van der Waals surface area contributed by atoms with Crippen molar-refractivity contribution in [2.45, 2.75) is 31.3 Å². The number of hydrogen-bond acceptors (Lipinski definition) is 4. The van der Waals surface area contributed by atoms with Crippen LogP contribution in [-0.2, 0) is 11.2 Å². The number of hydrogen-bond donors (Lipinski definition) is 3. The number of aliphatic hydroxyl groups is 2. The molecule has 0 aliphatic carbocycles. The Labute approximate surface area is 117 Å². The first-order valence-corrected chi connectivity index (χ1v) is 6.97. The average Bonchev–Trinajstić information content (AvgIpc) is 3.01. The molecule has 1 aliphatic rings. The number of para-hydroxylation sites is 1. The summed E-state index contributed by atoms with van der Waals surface area (Å²) in [4.78, 5) is 0. The first-order chi connectivity index (χ1) is 9.74. The van der Waals surface area contributed by atoms with Gasteiger partial charge in [0.2, 0.25) is 0 Å². The number of aromatic nitrogens is 1. The lowest BCUT2D eigenvalue weighted by Gasteiger charge is -2.14. The summed E-state index contributed by atoms with van der Waals surface area (Å²) in [5.74, 6) is 0. The number of ether oxygens (including phenoxy) is 1. The molecule has 1 aromatic heterocycles. The number of fused-ring (bicyclic) bond motifs is 1. The van der Waals surface area contributed by atoms with E-state index in [9.17, 15) is 10.2 Å². The molecular weight excluding hydrogens is 256 g/mol. The minimum atomic E-state index is -0.621. The molecule has 3 atom stereocenters. The van der Waals surface area contributed by atoms with E-state index >= 15 is 0 Å². The second kappa shape index (κ2) is 5.54. The van der Waals surface area contributed by atoms with Crippen molar-refractivity contribution in [1.29, 1.82) is 0 Å². The second-order valence-corrected chi connectivity index (χ2v) is 5.23. The monoisotopic (exact) mass is 276 g/mol. The maximum absolute atomic E-state index is 9.88. The minimum absolute atomic E-state index is 0.160. The van der Waals surface area contributed by atoms with E-state index in [2.05, 4.69) is 12.3 Å². The molecule has 1 aliphatic heterocycles. The molecule has 1 fully saturated rings. The third-order valence-electron chi connectivity index (χ3n) is 3.93. The van der Waals surface area contributed by atoms with E-state index in [0.29, 0.717) is 13.0 Å². The molecule has 4 N–H and O–H groups in total. The van der Waals surface area contributed by atoms with Gasteiger partial charge in [0.25, 0.3) is 0 Å². The van der Waals surface area contributed by atoms with Gasteiger partial charge in [0, 0.05) is 18.0 Å². The topological polar surface area (TPSA) is 80.6 Å². The molecule has 1 aromatic carbocycles. The Balaban J connectivity index is 1.99. The lowest BCUT2D eigenvalue weighted by atomic mass is 10.1. The summed E-state index contributed by atoms with van der Waals surface area (Å²) in [5.41, 5.74) is 7.93. The Hall–Kier alpha value is -1.40. The zero-order chi connectivity index (χ0) is 14.1. The van der Waals surface area contributed by atoms with Gasteiger partial charge in [-0.15, -0.1) is 0 Å². The summed E-state index contributed by atoms with van der Waals surface area (Å²) >= 11 is 0. The molecule has 2 heterocycles. The average molecular weight is 276 g/mol. The van der Waals surface area contributed by atoms with Crippen molar-refractivity contribution < 1.29 is 14.9 Å². The molecule has 3 rings (SSSR count). The van der Waals surface area contributed by atoms with Crippen LogP contribution in [0.5, 0.6) is 0 Å². The Kier molecular flexibility index (Phi) is 3.76. The first kappa shape index (κ1) is 13.6. The summed E-state index contributed by atoms with van der Waals surface area (Å²) in [5, 5.41) is 20.2. The van der Waals surface area contributed by atoms with Crippen LogP contribution in [-0.4, -0.2) is 40.1 Å². The largest absolute Gasteiger partial charge is 0.394 e. The maximum Gasteiger partial charge on any atom is 0.137 e. The molecule has 0 amide bonds. The van der Waals surface area contributed by atoms with Crippen molar-refractivity contribution in [3.63, 3.8) is 0 Å². The molecular formula is C15H20N2O3. The van der Waals surface area contributed by atoms with Gasteiger partial charge in [0.15, 0.2) is 0 Å². The predicted octanol–water partition coefficient (Wildman–Crippen LogP) is 0.783. The van der Waals surface area contributed by atoms with E-state index in [-0.39, 0.29) is 12.8 Å². The highest BCUT2D eigenvalue weighted by molar-refractivity contribution is 5.84. The van der Waals surface area contributed by atoms with Crippen LogP contribution in [0.4, 0.5) is 0 Å². The Bertz CT molecular complexity index is 596. The van der Waals surface area contributed by atoms with Gasteiger partial charge < -0.3 is 25.3 Å². The van der Waals surface area contributed by atoms with Gasteiger partial charge in [-0.25, -0.2) is 0 Å². The third-order valence-corrected chi connectivity index (χ3v) is 3.93. The number of nitrogens with zero attached hydrogens (tertiary/aromatic N) is 1. The van der Waals surface area contributed by atoms with E-state index in [1.54, 1.807) is 0 Å². The zero-order valence-corrected chi connectivity index (χ0v) is 11.3. The predicted molar refractivity (Wildman–Crippen MR) is 76.3 cm³/mol. The molecule has 5 heteroatoms. The van der Waals surface area contributed by atoms with Crippen LogP contribution in [0.1, 0.15) is 18.2 Å². The van der Waals surface area contributed by atoms with Gasteiger partial charge in [-0.3, -0.25) is 0 Å². The van der Waals surface area contributed by atoms with E-state index in [1.807, 2.05) is 22.8 Å². The van der Waals surface area contributed by atoms with Crippen molar-refractivity contribution >= 4 is 10.9 Å². The molecule has 5 nitrogen and oxygen atoms in total. The quantitative estimate of drug-likeness (QED) is 0.771. The number of aliphatic hydroxyl groups excluding tert-OH is 2. The third kappa shape index (κ3) is 2.23. The van der Waals surface area contributed by atoms with Gasteiger partial charge in [-0.1, -0.05) is 18.2 Å². The zero-order valence-electron chi connectivity index (χ0n) is 11.3. The van der Waals surface area contributed by atoms with Crippen LogP contribution in [0.3, 0.4) is 0 Å². The molecule has 1 saturated heterocycles. The fourth-order valence-corrected chi connectivity index (χ4v) is 2.92. The molecule has 20 heavy (non-hydrogen) atoms. The highest BCUT2D eigenvalue weighted by Gasteiger charge is 2.34. The fraction of sp³-hybridized carbons (Fsp3) is 0.467. The summed E-state index contributed by atoms with van der Waals surface area (Å²) in [6.45, 7) is 0.438. The number of benzene rings is 1. The van der Waals surface area contributed by atoms with Crippen LogP contribution in [0.15, 0.2) is 30.5 Å². The summed E-state index contributed by atoms with van der Waals surface area (Å²) < 4.78 is 7.78. The van der Waals surface area contributed by atoms with Crippen LogP contribution in [0.2, 0.25) is 0 Å². The molecule has 108 valence electrons. The van der Waals surface area contributed by atoms with E-state index < -0.39 is 12.2 Å². The maximum atomic E-state index is 9.88.